The Labute approximate surface area is 180 Å². The molecule has 1 heterocycles. The van der Waals surface area contributed by atoms with Gasteiger partial charge in [-0.2, -0.15) is 0 Å². The highest BCUT2D eigenvalue weighted by atomic mass is 16.3. The van der Waals surface area contributed by atoms with E-state index in [2.05, 4.69) is 24.8 Å². The van der Waals surface area contributed by atoms with Crippen molar-refractivity contribution in [2.75, 3.05) is 0 Å². The van der Waals surface area contributed by atoms with Crippen molar-refractivity contribution in [3.63, 3.8) is 0 Å². The molecule has 4 nitrogen and oxygen atoms in total. The maximum Gasteiger partial charge on any atom is 0.156 e. The number of rotatable bonds is 3. The number of hydrogen-bond acceptors (Lipinski definition) is 3. The molecule has 0 aromatic carbocycles. The molecule has 4 heteroatoms. The third-order valence-electron chi connectivity index (χ3n) is 10.3. The minimum absolute atomic E-state index is 0.149. The standard InChI is InChI=1S/C26H36N2O2/c1-4-26(30)12-11-24(2)18(15-26)5-6-19-20-7-8-22(25(20,3)10-9-21(19)24)23(29)16-28-14-13-27-17-28/h1,13-14,17-22,30H,5-12,15-16H2,2-3H3/t18-,19?,20?,21?,22?,24+,25+,26+/m1/s1. The summed E-state index contributed by atoms with van der Waals surface area (Å²) in [7, 11) is 0. The van der Waals surface area contributed by atoms with E-state index in [1.807, 2.05) is 10.8 Å². The van der Waals surface area contributed by atoms with Crippen molar-refractivity contribution in [3.05, 3.63) is 18.7 Å². The first-order chi connectivity index (χ1) is 14.3. The van der Waals surface area contributed by atoms with Crippen LogP contribution < -0.4 is 0 Å². The van der Waals surface area contributed by atoms with Crippen LogP contribution >= 0.6 is 0 Å². The Balaban J connectivity index is 1.35. The number of imidazole rings is 1. The lowest BCUT2D eigenvalue weighted by molar-refractivity contribution is -0.145. The van der Waals surface area contributed by atoms with Crippen molar-refractivity contribution in [2.45, 2.75) is 83.8 Å². The van der Waals surface area contributed by atoms with Gasteiger partial charge >= 0.3 is 0 Å². The zero-order valence-corrected chi connectivity index (χ0v) is 18.5. The lowest BCUT2D eigenvalue weighted by Gasteiger charge is -2.61. The SMILES string of the molecule is C#C[C@]1(O)CC[C@]2(C)C3CC[C@]4(C)C(C(=O)Cn5ccnc5)CCC4C3CC[C@@H]2C1. The first kappa shape index (κ1) is 20.3. The van der Waals surface area contributed by atoms with Crippen molar-refractivity contribution in [1.29, 1.82) is 0 Å². The molecule has 162 valence electrons. The molecular weight excluding hydrogens is 372 g/mol. The zero-order chi connectivity index (χ0) is 21.1. The van der Waals surface area contributed by atoms with Gasteiger partial charge in [-0.15, -0.1) is 6.42 Å². The summed E-state index contributed by atoms with van der Waals surface area (Å²) in [6.07, 6.45) is 20.7. The van der Waals surface area contributed by atoms with E-state index >= 15 is 0 Å². The quantitative estimate of drug-likeness (QED) is 0.751. The number of hydrogen-bond donors (Lipinski definition) is 1. The van der Waals surface area contributed by atoms with E-state index in [4.69, 9.17) is 6.42 Å². The second-order valence-corrected chi connectivity index (χ2v) is 11.4. The second-order valence-electron chi connectivity index (χ2n) is 11.4. The number of nitrogens with zero attached hydrogens (tertiary/aromatic N) is 2. The average molecular weight is 409 g/mol. The lowest BCUT2D eigenvalue weighted by atomic mass is 9.44. The van der Waals surface area contributed by atoms with Crippen LogP contribution in [0.25, 0.3) is 0 Å². The maximum absolute atomic E-state index is 13.2. The molecule has 4 aliphatic rings. The molecule has 1 N–H and O–H groups in total. The van der Waals surface area contributed by atoms with Crippen LogP contribution in [0.1, 0.15) is 71.6 Å². The number of aromatic nitrogens is 2. The van der Waals surface area contributed by atoms with E-state index in [0.29, 0.717) is 29.6 Å². The summed E-state index contributed by atoms with van der Waals surface area (Å²) in [4.78, 5) is 17.3. The zero-order valence-electron chi connectivity index (χ0n) is 18.5. The first-order valence-electron chi connectivity index (χ1n) is 12.0. The molecule has 4 saturated carbocycles. The predicted molar refractivity (Wildman–Crippen MR) is 116 cm³/mol. The van der Waals surface area contributed by atoms with Gasteiger partial charge in [-0.05, 0) is 92.3 Å². The topological polar surface area (TPSA) is 55.1 Å². The Morgan fingerprint density at radius 3 is 2.67 bits per heavy atom. The first-order valence-corrected chi connectivity index (χ1v) is 12.0. The smallest absolute Gasteiger partial charge is 0.156 e. The van der Waals surface area contributed by atoms with Crippen molar-refractivity contribution in [2.24, 2.45) is 40.4 Å². The Morgan fingerprint density at radius 2 is 1.93 bits per heavy atom. The maximum atomic E-state index is 13.2. The van der Waals surface area contributed by atoms with Gasteiger partial charge in [0.1, 0.15) is 5.60 Å². The summed E-state index contributed by atoms with van der Waals surface area (Å²) in [5.74, 6) is 5.94. The van der Waals surface area contributed by atoms with E-state index < -0.39 is 5.60 Å². The number of Topliss-reactive ketones (excluding diaryl/α,β-unsaturated/α-hetero) is 1. The minimum Gasteiger partial charge on any atom is -0.378 e. The minimum atomic E-state index is -0.890. The van der Waals surface area contributed by atoms with E-state index in [9.17, 15) is 9.90 Å². The Kier molecular flexibility index (Phi) is 4.71. The summed E-state index contributed by atoms with van der Waals surface area (Å²) in [6, 6.07) is 0. The summed E-state index contributed by atoms with van der Waals surface area (Å²) in [5, 5.41) is 10.7. The molecule has 0 radical (unpaired) electrons. The summed E-state index contributed by atoms with van der Waals surface area (Å²) >= 11 is 0. The molecule has 0 saturated heterocycles. The van der Waals surface area contributed by atoms with Crippen molar-refractivity contribution in [1.82, 2.24) is 9.55 Å². The summed E-state index contributed by atoms with van der Waals surface area (Å²) < 4.78 is 1.92. The number of aliphatic hydroxyl groups is 1. The van der Waals surface area contributed by atoms with Crippen LogP contribution in [0.3, 0.4) is 0 Å². The summed E-state index contributed by atoms with van der Waals surface area (Å²) in [6.45, 7) is 5.37. The van der Waals surface area contributed by atoms with E-state index in [-0.39, 0.29) is 11.3 Å². The van der Waals surface area contributed by atoms with Gasteiger partial charge in [0.15, 0.2) is 5.78 Å². The van der Waals surface area contributed by atoms with Crippen LogP contribution in [0, 0.1) is 52.8 Å². The Morgan fingerprint density at radius 1 is 1.13 bits per heavy atom. The fourth-order valence-corrected chi connectivity index (χ4v) is 8.58. The van der Waals surface area contributed by atoms with Crippen LogP contribution in [-0.2, 0) is 11.3 Å². The van der Waals surface area contributed by atoms with Crippen molar-refractivity contribution in [3.8, 4) is 12.3 Å². The third kappa shape index (κ3) is 2.92. The molecule has 1 aromatic rings. The molecule has 4 unspecified atom stereocenters. The molecule has 8 atom stereocenters. The van der Waals surface area contributed by atoms with Crippen LogP contribution in [0.5, 0.6) is 0 Å². The van der Waals surface area contributed by atoms with Gasteiger partial charge in [0.2, 0.25) is 0 Å². The highest BCUT2D eigenvalue weighted by Gasteiger charge is 2.61. The van der Waals surface area contributed by atoms with E-state index in [1.54, 1.807) is 12.5 Å². The number of carbonyl (C=O) groups excluding carboxylic acids is 1. The predicted octanol–water partition coefficient (Wildman–Crippen LogP) is 4.48. The molecule has 0 aliphatic heterocycles. The lowest BCUT2D eigenvalue weighted by Crippen LogP contribution is -2.56. The summed E-state index contributed by atoms with van der Waals surface area (Å²) in [5.41, 5.74) is -0.444. The normalized spacial score (nSPS) is 47.6. The highest BCUT2D eigenvalue weighted by molar-refractivity contribution is 5.82. The molecule has 4 fully saturated rings. The third-order valence-corrected chi connectivity index (χ3v) is 10.3. The van der Waals surface area contributed by atoms with Gasteiger partial charge in [0.25, 0.3) is 0 Å². The average Bonchev–Trinajstić information content (AvgIpc) is 3.35. The molecule has 0 amide bonds. The van der Waals surface area contributed by atoms with Gasteiger partial charge in [-0.3, -0.25) is 4.79 Å². The molecular formula is C26H36N2O2. The van der Waals surface area contributed by atoms with Gasteiger partial charge < -0.3 is 9.67 Å². The van der Waals surface area contributed by atoms with Gasteiger partial charge in [-0.1, -0.05) is 19.8 Å². The van der Waals surface area contributed by atoms with Crippen LogP contribution in [0.15, 0.2) is 18.7 Å². The number of ketones is 1. The molecule has 30 heavy (non-hydrogen) atoms. The largest absolute Gasteiger partial charge is 0.378 e. The van der Waals surface area contributed by atoms with Gasteiger partial charge in [0.05, 0.1) is 12.9 Å². The van der Waals surface area contributed by atoms with Crippen LogP contribution in [-0.4, -0.2) is 26.0 Å². The molecule has 5 rings (SSSR count). The molecule has 1 aromatic heterocycles. The molecule has 0 bridgehead atoms. The number of fused-ring (bicyclic) bond motifs is 5. The number of carbonyl (C=O) groups is 1. The van der Waals surface area contributed by atoms with Crippen molar-refractivity contribution < 1.29 is 9.90 Å². The fourth-order valence-electron chi connectivity index (χ4n) is 8.58. The highest BCUT2D eigenvalue weighted by Crippen LogP contribution is 2.68. The Hall–Kier alpha value is -1.60. The molecule has 0 spiro atoms. The monoisotopic (exact) mass is 408 g/mol. The van der Waals surface area contributed by atoms with Crippen LogP contribution in [0.2, 0.25) is 0 Å². The van der Waals surface area contributed by atoms with Crippen molar-refractivity contribution >= 4 is 5.78 Å². The second kappa shape index (κ2) is 6.95. The van der Waals surface area contributed by atoms with E-state index in [1.165, 1.54) is 32.1 Å². The fraction of sp³-hybridized carbons (Fsp3) is 0.769. The van der Waals surface area contributed by atoms with E-state index in [0.717, 1.165) is 37.5 Å². The number of terminal acetylenes is 1. The Bertz CT molecular complexity index is 857. The molecule has 4 aliphatic carbocycles. The van der Waals surface area contributed by atoms with Gasteiger partial charge in [-0.25, -0.2) is 4.98 Å². The van der Waals surface area contributed by atoms with Gasteiger partial charge in [0, 0.05) is 18.3 Å². The van der Waals surface area contributed by atoms with Crippen LogP contribution in [0.4, 0.5) is 0 Å².